The van der Waals surface area contributed by atoms with Gasteiger partial charge in [-0.05, 0) is 25.3 Å². The number of benzene rings is 2. The van der Waals surface area contributed by atoms with E-state index < -0.39 is 0 Å². The lowest BCUT2D eigenvalue weighted by Gasteiger charge is -2.25. The van der Waals surface area contributed by atoms with E-state index in [2.05, 4.69) is 18.4 Å². The summed E-state index contributed by atoms with van der Waals surface area (Å²) in [5, 5.41) is 0.597. The summed E-state index contributed by atoms with van der Waals surface area (Å²) in [6.07, 6.45) is 0.894. The van der Waals surface area contributed by atoms with Gasteiger partial charge in [0, 0.05) is 46.1 Å². The van der Waals surface area contributed by atoms with Crippen molar-refractivity contribution >= 4 is 11.6 Å². The predicted molar refractivity (Wildman–Crippen MR) is 119 cm³/mol. The van der Waals surface area contributed by atoms with Crippen molar-refractivity contribution < 1.29 is 9.47 Å². The van der Waals surface area contributed by atoms with Crippen LogP contribution in [0.3, 0.4) is 0 Å². The molecular formula is C24H26ClNO3. The zero-order chi connectivity index (χ0) is 21.1. The Morgan fingerprint density at radius 1 is 1.03 bits per heavy atom. The molecule has 0 radical (unpaired) electrons. The highest BCUT2D eigenvalue weighted by Gasteiger charge is 2.21. The van der Waals surface area contributed by atoms with Gasteiger partial charge in [-0.25, -0.2) is 0 Å². The van der Waals surface area contributed by atoms with Gasteiger partial charge in [0.2, 0.25) is 0 Å². The van der Waals surface area contributed by atoms with Gasteiger partial charge in [-0.3, -0.25) is 4.79 Å². The maximum absolute atomic E-state index is 12.9. The summed E-state index contributed by atoms with van der Waals surface area (Å²) in [5.41, 5.74) is 4.03. The zero-order valence-corrected chi connectivity index (χ0v) is 18.2. The third kappa shape index (κ3) is 4.03. The number of methoxy groups -OCH3 is 2. The largest absolute Gasteiger partial charge is 0.497 e. The molecule has 0 saturated carbocycles. The quantitative estimate of drug-likeness (QED) is 0.499. The summed E-state index contributed by atoms with van der Waals surface area (Å²) in [6.45, 7) is 6.07. The smallest absolute Gasteiger partial charge is 0.185 e. The molecule has 0 aliphatic heterocycles. The van der Waals surface area contributed by atoms with Crippen LogP contribution in [0, 0.1) is 6.92 Å². The van der Waals surface area contributed by atoms with Crippen molar-refractivity contribution in [1.29, 1.82) is 0 Å². The minimum Gasteiger partial charge on any atom is -0.497 e. The van der Waals surface area contributed by atoms with Gasteiger partial charge < -0.3 is 14.0 Å². The third-order valence-corrected chi connectivity index (χ3v) is 5.66. The van der Waals surface area contributed by atoms with Crippen LogP contribution in [0.4, 0.5) is 0 Å². The topological polar surface area (TPSA) is 40.5 Å². The molecule has 3 aromatic rings. The van der Waals surface area contributed by atoms with Crippen LogP contribution < -0.4 is 14.9 Å². The summed E-state index contributed by atoms with van der Waals surface area (Å²) < 4.78 is 13.1. The second-order valence-corrected chi connectivity index (χ2v) is 7.51. The summed E-state index contributed by atoms with van der Waals surface area (Å²) in [4.78, 5) is 12.9. The van der Waals surface area contributed by atoms with E-state index in [1.165, 1.54) is 0 Å². The third-order valence-electron chi connectivity index (χ3n) is 5.33. The molecule has 5 heteroatoms. The molecule has 152 valence electrons. The number of pyridine rings is 1. The lowest BCUT2D eigenvalue weighted by molar-refractivity contribution is 0.394. The van der Waals surface area contributed by atoms with E-state index >= 15 is 0 Å². The Morgan fingerprint density at radius 2 is 1.66 bits per heavy atom. The van der Waals surface area contributed by atoms with Crippen LogP contribution in [-0.2, 0) is 0 Å². The van der Waals surface area contributed by atoms with Gasteiger partial charge in [0.15, 0.2) is 5.43 Å². The molecule has 0 spiro atoms. The molecule has 0 bridgehead atoms. The van der Waals surface area contributed by atoms with E-state index in [0.29, 0.717) is 22.1 Å². The Hall–Kier alpha value is -2.72. The molecule has 1 heterocycles. The lowest BCUT2D eigenvalue weighted by atomic mass is 9.98. The molecule has 3 rings (SSSR count). The maximum Gasteiger partial charge on any atom is 0.185 e. The normalized spacial score (nSPS) is 11.9. The predicted octanol–water partition coefficient (Wildman–Crippen LogP) is 6.00. The number of halogens is 1. The van der Waals surface area contributed by atoms with Crippen LogP contribution in [0.15, 0.2) is 53.3 Å². The summed E-state index contributed by atoms with van der Waals surface area (Å²) >= 11 is 6.56. The number of ether oxygens (including phenoxy) is 2. The van der Waals surface area contributed by atoms with Gasteiger partial charge in [0.25, 0.3) is 0 Å². The van der Waals surface area contributed by atoms with Crippen molar-refractivity contribution in [2.75, 3.05) is 14.2 Å². The lowest BCUT2D eigenvalue weighted by Crippen LogP contribution is -2.19. The molecule has 0 saturated heterocycles. The molecule has 0 amide bonds. The molecule has 1 unspecified atom stereocenters. The zero-order valence-electron chi connectivity index (χ0n) is 17.5. The van der Waals surface area contributed by atoms with E-state index in [4.69, 9.17) is 21.1 Å². The van der Waals surface area contributed by atoms with Crippen LogP contribution in [0.1, 0.15) is 37.4 Å². The molecule has 4 nitrogen and oxygen atoms in total. The van der Waals surface area contributed by atoms with E-state index in [1.807, 2.05) is 49.4 Å². The second kappa shape index (κ2) is 8.75. The summed E-state index contributed by atoms with van der Waals surface area (Å²) in [6, 6.07) is 15.0. The molecule has 0 aliphatic rings. The van der Waals surface area contributed by atoms with Crippen molar-refractivity contribution in [1.82, 2.24) is 4.57 Å². The van der Waals surface area contributed by atoms with Crippen LogP contribution in [0.25, 0.3) is 16.9 Å². The molecule has 2 aromatic carbocycles. The second-order valence-electron chi connectivity index (χ2n) is 7.10. The Balaban J connectivity index is 2.48. The first-order valence-electron chi connectivity index (χ1n) is 9.66. The van der Waals surface area contributed by atoms with Gasteiger partial charge >= 0.3 is 0 Å². The van der Waals surface area contributed by atoms with E-state index in [0.717, 1.165) is 29.1 Å². The maximum atomic E-state index is 12.9. The van der Waals surface area contributed by atoms with Crippen LogP contribution in [-0.4, -0.2) is 18.8 Å². The minimum absolute atomic E-state index is 0.00123. The SMILES string of the molecule is CCC(C)c1cc(=O)c(C)c(-c2ccccc2Cl)n1-c1cc(OC)cc(OC)c1. The molecule has 29 heavy (non-hydrogen) atoms. The van der Waals surface area contributed by atoms with Crippen LogP contribution in [0.5, 0.6) is 11.5 Å². The highest BCUT2D eigenvalue weighted by Crippen LogP contribution is 2.36. The molecule has 1 aromatic heterocycles. The number of rotatable bonds is 6. The molecular weight excluding hydrogens is 386 g/mol. The Morgan fingerprint density at radius 3 is 2.21 bits per heavy atom. The minimum atomic E-state index is 0.00123. The van der Waals surface area contributed by atoms with Gasteiger partial charge in [-0.2, -0.15) is 0 Å². The molecule has 0 N–H and O–H groups in total. The van der Waals surface area contributed by atoms with E-state index in [9.17, 15) is 4.79 Å². The average molecular weight is 412 g/mol. The monoisotopic (exact) mass is 411 g/mol. The average Bonchev–Trinajstić information content (AvgIpc) is 2.74. The molecule has 0 aliphatic carbocycles. The highest BCUT2D eigenvalue weighted by molar-refractivity contribution is 6.33. The van der Waals surface area contributed by atoms with E-state index in [-0.39, 0.29) is 11.3 Å². The Bertz CT molecular complexity index is 1070. The van der Waals surface area contributed by atoms with Gasteiger partial charge in [-0.15, -0.1) is 0 Å². The van der Waals surface area contributed by atoms with Crippen molar-refractivity contribution in [3.8, 4) is 28.4 Å². The first-order chi connectivity index (χ1) is 13.9. The fourth-order valence-corrected chi connectivity index (χ4v) is 3.69. The summed E-state index contributed by atoms with van der Waals surface area (Å²) in [7, 11) is 3.25. The number of hydrogen-bond acceptors (Lipinski definition) is 3. The first kappa shape index (κ1) is 21.0. The van der Waals surface area contributed by atoms with Gasteiger partial charge in [0.05, 0.1) is 25.6 Å². The molecule has 1 atom stereocenters. The van der Waals surface area contributed by atoms with Crippen molar-refractivity contribution in [2.24, 2.45) is 0 Å². The summed E-state index contributed by atoms with van der Waals surface area (Å²) in [5.74, 6) is 1.52. The fraction of sp³-hybridized carbons (Fsp3) is 0.292. The number of aromatic nitrogens is 1. The number of nitrogens with zero attached hydrogens (tertiary/aromatic N) is 1. The highest BCUT2D eigenvalue weighted by atomic mass is 35.5. The van der Waals surface area contributed by atoms with Crippen molar-refractivity contribution in [3.63, 3.8) is 0 Å². The standard InChI is InChI=1S/C24H26ClNO3/c1-6-15(2)22-14-23(27)16(3)24(20-9-7-8-10-21(20)25)26(22)17-11-18(28-4)13-19(12-17)29-5/h7-15H,6H2,1-5H3. The van der Waals surface area contributed by atoms with Gasteiger partial charge in [0.1, 0.15) is 11.5 Å². The number of hydrogen-bond donors (Lipinski definition) is 0. The van der Waals surface area contributed by atoms with Crippen molar-refractivity contribution in [3.05, 3.63) is 75.0 Å². The Labute approximate surface area is 176 Å². The van der Waals surface area contributed by atoms with Gasteiger partial charge in [-0.1, -0.05) is 43.6 Å². The van der Waals surface area contributed by atoms with Crippen LogP contribution >= 0.6 is 11.6 Å². The van der Waals surface area contributed by atoms with Crippen molar-refractivity contribution in [2.45, 2.75) is 33.1 Å². The Kier molecular flexibility index (Phi) is 6.33. The molecule has 0 fully saturated rings. The fourth-order valence-electron chi connectivity index (χ4n) is 3.47. The first-order valence-corrected chi connectivity index (χ1v) is 10.0. The van der Waals surface area contributed by atoms with Crippen LogP contribution in [0.2, 0.25) is 5.02 Å². The van der Waals surface area contributed by atoms with E-state index in [1.54, 1.807) is 20.3 Å².